The van der Waals surface area contributed by atoms with Crippen molar-refractivity contribution in [3.8, 4) is 0 Å². The summed E-state index contributed by atoms with van der Waals surface area (Å²) in [7, 11) is 1.40. The second kappa shape index (κ2) is 53.5. The Bertz CT molecular complexity index is 4090. The first-order valence-corrected chi connectivity index (χ1v) is 45.2. The maximum Gasteiger partial charge on any atom is 0.305 e. The topological polar surface area (TPSA) is 742 Å². The number of rotatable bonds is 43. The van der Waals surface area contributed by atoms with Gasteiger partial charge in [0.1, 0.15) is 96.7 Å². The molecule has 5 rings (SSSR count). The number of carboxylic acid groups (broad SMARTS) is 2. The number of nitrogens with one attached hydrogen (secondary N) is 14. The lowest BCUT2D eigenvalue weighted by Crippen LogP contribution is -2.61. The van der Waals surface area contributed by atoms with Crippen molar-refractivity contribution in [2.75, 3.05) is 82.6 Å². The van der Waals surface area contributed by atoms with Crippen molar-refractivity contribution in [3.05, 3.63) is 35.9 Å². The van der Waals surface area contributed by atoms with Crippen LogP contribution in [0.2, 0.25) is 0 Å². The van der Waals surface area contributed by atoms with Crippen LogP contribution in [0.1, 0.15) is 123 Å². The van der Waals surface area contributed by atoms with Gasteiger partial charge in [0.05, 0.1) is 52.2 Å². The number of amides is 19. The molecule has 0 saturated carbocycles. The SMILES string of the molecule is CSCCC(NC(=O)C(CC(C)C)NC(=O)CNC(=O)C(NC(=O)C(Cc1ccccc1)NC(=O)C1CSSCC(NC(=O)C(CCCCN)NC(=O)C(CO)NC(=O)C(CC(N)=O)NC(=O)C(CO)NC(=O)C2CCCN2C(=O)C(N)CO)C(=O)N2CCCC2C(=O)NC(CC(=O)O)C(=O)NCC(=O)N2CCCC2C(=O)NC(CC(=O)O)C(=O)N1)C(C)C)C(N)=O. The molecule has 16 unspecified atom stereocenters. The van der Waals surface area contributed by atoms with Gasteiger partial charge < -0.3 is 138 Å². The van der Waals surface area contributed by atoms with Gasteiger partial charge >= 0.3 is 11.9 Å². The van der Waals surface area contributed by atoms with E-state index in [1.54, 1.807) is 64.3 Å². The van der Waals surface area contributed by atoms with E-state index in [9.17, 15) is 112 Å². The van der Waals surface area contributed by atoms with Crippen LogP contribution >= 0.6 is 33.3 Å². The Morgan fingerprint density at radius 2 is 1.11 bits per heavy atom. The number of unbranched alkanes of at least 4 members (excludes halogenated alkanes) is 1. The number of hydrogen-bond acceptors (Lipinski definition) is 29. The van der Waals surface area contributed by atoms with Gasteiger partial charge in [0.2, 0.25) is 112 Å². The first-order valence-electron chi connectivity index (χ1n) is 41.3. The van der Waals surface area contributed by atoms with E-state index in [1.165, 1.54) is 11.8 Å². The van der Waals surface area contributed by atoms with E-state index >= 15 is 14.4 Å². The van der Waals surface area contributed by atoms with Gasteiger partial charge in [0.15, 0.2) is 0 Å². The Morgan fingerprint density at radius 3 is 1.69 bits per heavy atom. The zero-order chi connectivity index (χ0) is 94.5. The highest BCUT2D eigenvalue weighted by atomic mass is 33.1. The van der Waals surface area contributed by atoms with Crippen LogP contribution in [0.15, 0.2) is 30.3 Å². The monoisotopic (exact) mass is 1850 g/mol. The smallest absolute Gasteiger partial charge is 0.305 e. The number of aliphatic carboxylic acids is 2. The lowest BCUT2D eigenvalue weighted by molar-refractivity contribution is -0.144. The number of nitrogens with zero attached hydrogens (tertiary/aromatic N) is 3. The number of aliphatic hydroxyl groups is 3. The van der Waals surface area contributed by atoms with Gasteiger partial charge in [-0.3, -0.25) is 101 Å². The molecule has 4 aliphatic rings. The van der Waals surface area contributed by atoms with Gasteiger partial charge in [-0.1, -0.05) is 79.6 Å². The molecule has 27 N–H and O–H groups in total. The third kappa shape index (κ3) is 34.2. The van der Waals surface area contributed by atoms with E-state index < -0.39 is 290 Å². The van der Waals surface area contributed by atoms with Crippen LogP contribution in [0.5, 0.6) is 0 Å². The van der Waals surface area contributed by atoms with E-state index in [4.69, 9.17) is 22.9 Å². The fourth-order valence-electron chi connectivity index (χ4n) is 14.0. The van der Waals surface area contributed by atoms with Crippen LogP contribution in [0.25, 0.3) is 0 Å². The van der Waals surface area contributed by atoms with Crippen LogP contribution in [0, 0.1) is 11.8 Å². The summed E-state index contributed by atoms with van der Waals surface area (Å²) in [6.45, 7) is 1.53. The van der Waals surface area contributed by atoms with E-state index in [1.807, 2.05) is 0 Å². The number of benzene rings is 1. The highest BCUT2D eigenvalue weighted by molar-refractivity contribution is 8.76. The highest BCUT2D eigenvalue weighted by Crippen LogP contribution is 2.28. The van der Waals surface area contributed by atoms with Crippen molar-refractivity contribution in [3.63, 3.8) is 0 Å². The van der Waals surface area contributed by atoms with Crippen molar-refractivity contribution in [1.29, 1.82) is 0 Å². The molecule has 50 heteroatoms. The molecule has 0 spiro atoms. The number of primary amides is 2. The summed E-state index contributed by atoms with van der Waals surface area (Å²) in [6, 6.07) is -18.4. The average Bonchev–Trinajstić information content (AvgIpc) is 1.71. The Hall–Kier alpha value is -11.1. The summed E-state index contributed by atoms with van der Waals surface area (Å²) in [5.74, 6) is -25.3. The summed E-state index contributed by atoms with van der Waals surface area (Å²) < 4.78 is 0. The molecule has 706 valence electrons. The number of thioether (sulfide) groups is 1. The molecule has 1 aromatic carbocycles. The first kappa shape index (κ1) is 106. The summed E-state index contributed by atoms with van der Waals surface area (Å²) in [5.41, 5.74) is 22.9. The molecular formula is C77H119N21O26S3. The van der Waals surface area contributed by atoms with Crippen molar-refractivity contribution >= 4 is 158 Å². The van der Waals surface area contributed by atoms with E-state index in [0.717, 1.165) is 14.7 Å². The van der Waals surface area contributed by atoms with Crippen molar-refractivity contribution < 1.29 is 126 Å². The molecule has 16 atom stereocenters. The highest BCUT2D eigenvalue weighted by Gasteiger charge is 2.45. The zero-order valence-corrected chi connectivity index (χ0v) is 73.5. The van der Waals surface area contributed by atoms with Crippen LogP contribution in [0.4, 0.5) is 0 Å². The summed E-state index contributed by atoms with van der Waals surface area (Å²) >= 11 is 1.41. The number of nitrogens with two attached hydrogens (primary N) is 4. The lowest BCUT2D eigenvalue weighted by atomic mass is 10.0. The molecule has 19 amide bonds. The largest absolute Gasteiger partial charge is 0.481 e. The number of aliphatic hydroxyl groups excluding tert-OH is 3. The molecule has 0 aromatic heterocycles. The molecule has 0 bridgehead atoms. The third-order valence-electron chi connectivity index (χ3n) is 20.8. The van der Waals surface area contributed by atoms with Crippen molar-refractivity contribution in [1.82, 2.24) is 89.1 Å². The third-order valence-corrected chi connectivity index (χ3v) is 23.8. The molecule has 127 heavy (non-hydrogen) atoms. The van der Waals surface area contributed by atoms with Crippen LogP contribution in [-0.2, 0) is 107 Å². The Balaban J connectivity index is 1.53. The first-order chi connectivity index (χ1) is 60.2. The fourth-order valence-corrected chi connectivity index (χ4v) is 16.8. The Kier molecular flexibility index (Phi) is 44.9. The normalized spacial score (nSPS) is 21.3. The van der Waals surface area contributed by atoms with Gasteiger partial charge in [-0.15, -0.1) is 0 Å². The molecule has 4 heterocycles. The maximum atomic E-state index is 15.3. The minimum absolute atomic E-state index is 0.0199. The average molecular weight is 1850 g/mol. The second-order valence-electron chi connectivity index (χ2n) is 31.4. The Morgan fingerprint density at radius 1 is 0.567 bits per heavy atom. The molecule has 1 aromatic rings. The number of fused-ring (bicyclic) bond motifs is 2. The minimum Gasteiger partial charge on any atom is -0.481 e. The maximum absolute atomic E-state index is 15.3. The zero-order valence-electron chi connectivity index (χ0n) is 71.1. The van der Waals surface area contributed by atoms with Crippen LogP contribution in [-0.4, -0.2) is 344 Å². The molecule has 0 radical (unpaired) electrons. The van der Waals surface area contributed by atoms with Crippen LogP contribution < -0.4 is 97.4 Å². The van der Waals surface area contributed by atoms with E-state index in [2.05, 4.69) is 74.4 Å². The molecule has 47 nitrogen and oxygen atoms in total. The van der Waals surface area contributed by atoms with Crippen molar-refractivity contribution in [2.45, 2.75) is 221 Å². The minimum atomic E-state index is -2.06. The van der Waals surface area contributed by atoms with E-state index in [-0.39, 0.29) is 103 Å². The molecule has 4 fully saturated rings. The summed E-state index contributed by atoms with van der Waals surface area (Å²) in [5, 5.41) is 84.2. The number of likely N-dealkylation sites (tertiary alicyclic amines) is 1. The molecule has 4 saturated heterocycles. The van der Waals surface area contributed by atoms with Gasteiger partial charge in [0.25, 0.3) is 0 Å². The standard InChI is InChI=1S/C77H119N21O26S3/c1-38(2)26-44(65(112)85-42(62(81)109)20-25-125-5)84-57(103)31-82-75(122)61(39(3)4)95-68(115)45(27-40-14-7-6-8-15-40)87-71(118)51-36-126-127-37-52(77(124)98-24-13-19-55(98)73(120)89-47(29-59(105)106)63(110)83-32-58(104)96-22-11-17-53(96)72(119)90-48(30-60(107)108)67(114)93-51)94-64(111)43(16-9-10-21-78)86-69(116)49(34-100)91-66(113)46(28-56(80)102)88-70(117)50(35-101)92-74(121)54-18-12-23-97(54)76(123)41(79)33-99/h6-8,14-15,38-39,41-55,61,99-101H,9-13,16-37,78-79H2,1-5H3,(H2,80,102)(H2,81,109)(H,82,122)(H,83,110)(H,84,103)(H,85,112)(H,86,116)(H,87,118)(H,88,117)(H,89,120)(H,90,119)(H,91,113)(H,92,121)(H,93,114)(H,94,111)(H,95,115)(H,105,106)(H,107,108). The van der Waals surface area contributed by atoms with Gasteiger partial charge in [0, 0.05) is 37.6 Å². The van der Waals surface area contributed by atoms with Gasteiger partial charge in [-0.05, 0) is 107 Å². The molecular weight excluding hydrogens is 1730 g/mol. The van der Waals surface area contributed by atoms with Gasteiger partial charge in [-0.2, -0.15) is 11.8 Å². The number of carbonyl (C=O) groups is 21. The lowest BCUT2D eigenvalue weighted by Gasteiger charge is -2.31. The predicted molar refractivity (Wildman–Crippen MR) is 455 cm³/mol. The molecule has 4 aliphatic heterocycles. The molecule has 0 aliphatic carbocycles. The van der Waals surface area contributed by atoms with Crippen molar-refractivity contribution in [2.24, 2.45) is 34.8 Å². The van der Waals surface area contributed by atoms with Gasteiger partial charge in [-0.25, -0.2) is 0 Å². The van der Waals surface area contributed by atoms with Crippen LogP contribution in [0.3, 0.4) is 0 Å². The second-order valence-corrected chi connectivity index (χ2v) is 34.9. The number of carboxylic acids is 2. The summed E-state index contributed by atoms with van der Waals surface area (Å²) in [4.78, 5) is 294. The Labute approximate surface area is 743 Å². The quantitative estimate of drug-likeness (QED) is 0.0213. The predicted octanol–water partition coefficient (Wildman–Crippen LogP) is -10.2. The number of hydrogen-bond donors (Lipinski definition) is 23. The fraction of sp³-hybridized carbons (Fsp3) is 0.649. The summed E-state index contributed by atoms with van der Waals surface area (Å²) in [6.07, 6.45) is -1.20. The van der Waals surface area contributed by atoms with E-state index in [0.29, 0.717) is 39.3 Å². The number of carbonyl (C=O) groups excluding carboxylic acids is 19.